The summed E-state index contributed by atoms with van der Waals surface area (Å²) in [4.78, 5) is 38.0. The Morgan fingerprint density at radius 3 is 2.96 bits per heavy atom. The van der Waals surface area contributed by atoms with Crippen molar-refractivity contribution in [2.24, 2.45) is 5.92 Å². The Morgan fingerprint density at radius 1 is 1.40 bits per heavy atom. The smallest absolute Gasteiger partial charge is 0.255 e. The van der Waals surface area contributed by atoms with E-state index in [0.717, 1.165) is 18.5 Å². The first kappa shape index (κ1) is 15.6. The SMILES string of the molecule is N#CC1CCN(C(=O)CNC(=O)c2c[nH]c3ncc(C4CC4)nc23)C1. The van der Waals surface area contributed by atoms with E-state index in [2.05, 4.69) is 26.3 Å². The average Bonchev–Trinajstić information content (AvgIpc) is 3.21. The number of nitrogens with one attached hydrogen (secondary N) is 2. The lowest BCUT2D eigenvalue weighted by molar-refractivity contribution is -0.129. The second-order valence-electron chi connectivity index (χ2n) is 6.61. The molecule has 25 heavy (non-hydrogen) atoms. The van der Waals surface area contributed by atoms with Crippen LogP contribution in [0.2, 0.25) is 0 Å². The predicted molar refractivity (Wildman–Crippen MR) is 88.5 cm³/mol. The van der Waals surface area contributed by atoms with Crippen molar-refractivity contribution in [2.75, 3.05) is 19.6 Å². The van der Waals surface area contributed by atoms with Crippen molar-refractivity contribution in [3.8, 4) is 6.07 Å². The zero-order valence-electron chi connectivity index (χ0n) is 13.7. The number of rotatable bonds is 4. The highest BCUT2D eigenvalue weighted by Crippen LogP contribution is 2.39. The molecule has 2 fully saturated rings. The summed E-state index contributed by atoms with van der Waals surface area (Å²) >= 11 is 0. The van der Waals surface area contributed by atoms with Crippen molar-refractivity contribution in [1.29, 1.82) is 5.26 Å². The summed E-state index contributed by atoms with van der Waals surface area (Å²) in [6.07, 6.45) is 6.24. The molecule has 128 valence electrons. The Kier molecular flexibility index (Phi) is 3.84. The summed E-state index contributed by atoms with van der Waals surface area (Å²) in [7, 11) is 0. The van der Waals surface area contributed by atoms with E-state index in [1.165, 1.54) is 0 Å². The lowest BCUT2D eigenvalue weighted by Gasteiger charge is -2.15. The van der Waals surface area contributed by atoms with Gasteiger partial charge in [-0.15, -0.1) is 0 Å². The van der Waals surface area contributed by atoms with Crippen LogP contribution in [0.5, 0.6) is 0 Å². The largest absolute Gasteiger partial charge is 0.344 e. The number of hydrogen-bond donors (Lipinski definition) is 2. The average molecular weight is 338 g/mol. The van der Waals surface area contributed by atoms with Gasteiger partial charge >= 0.3 is 0 Å². The Hall–Kier alpha value is -2.95. The van der Waals surface area contributed by atoms with Gasteiger partial charge in [-0.1, -0.05) is 0 Å². The molecule has 4 rings (SSSR count). The summed E-state index contributed by atoms with van der Waals surface area (Å²) in [5.74, 6) is -0.175. The van der Waals surface area contributed by atoms with E-state index in [-0.39, 0.29) is 24.3 Å². The van der Waals surface area contributed by atoms with Gasteiger partial charge in [-0.25, -0.2) is 9.97 Å². The molecule has 1 saturated heterocycles. The first-order valence-electron chi connectivity index (χ1n) is 8.45. The molecule has 3 heterocycles. The van der Waals surface area contributed by atoms with Gasteiger partial charge in [0.15, 0.2) is 5.65 Å². The quantitative estimate of drug-likeness (QED) is 0.861. The Morgan fingerprint density at radius 2 is 2.24 bits per heavy atom. The molecule has 0 spiro atoms. The maximum atomic E-state index is 12.4. The number of likely N-dealkylation sites (tertiary alicyclic amines) is 1. The third-order valence-corrected chi connectivity index (χ3v) is 4.76. The molecule has 2 aromatic heterocycles. The Balaban J connectivity index is 1.43. The van der Waals surface area contributed by atoms with Crippen LogP contribution < -0.4 is 5.32 Å². The zero-order valence-corrected chi connectivity index (χ0v) is 13.7. The van der Waals surface area contributed by atoms with Crippen LogP contribution in [-0.4, -0.2) is 51.3 Å². The van der Waals surface area contributed by atoms with Gasteiger partial charge in [0.25, 0.3) is 5.91 Å². The van der Waals surface area contributed by atoms with E-state index in [1.54, 1.807) is 17.3 Å². The fraction of sp³-hybridized carbons (Fsp3) is 0.471. The normalized spacial score (nSPS) is 19.8. The molecule has 0 bridgehead atoms. The molecule has 1 unspecified atom stereocenters. The van der Waals surface area contributed by atoms with E-state index in [0.29, 0.717) is 42.2 Å². The molecule has 1 aliphatic carbocycles. The van der Waals surface area contributed by atoms with Crippen LogP contribution in [0, 0.1) is 17.2 Å². The number of hydrogen-bond acceptors (Lipinski definition) is 5. The van der Waals surface area contributed by atoms with Crippen LogP contribution in [0.25, 0.3) is 11.2 Å². The third kappa shape index (κ3) is 3.05. The molecule has 1 aliphatic heterocycles. The maximum Gasteiger partial charge on any atom is 0.255 e. The molecule has 1 atom stereocenters. The highest BCUT2D eigenvalue weighted by Gasteiger charge is 2.28. The van der Waals surface area contributed by atoms with E-state index in [1.807, 2.05) is 0 Å². The van der Waals surface area contributed by atoms with Crippen molar-refractivity contribution in [3.63, 3.8) is 0 Å². The fourth-order valence-electron chi connectivity index (χ4n) is 3.11. The summed E-state index contributed by atoms with van der Waals surface area (Å²) in [6, 6.07) is 2.17. The number of carbonyl (C=O) groups is 2. The van der Waals surface area contributed by atoms with Crippen LogP contribution in [0.3, 0.4) is 0 Å². The molecule has 2 aliphatic rings. The number of nitriles is 1. The first-order valence-corrected chi connectivity index (χ1v) is 8.45. The van der Waals surface area contributed by atoms with Crippen molar-refractivity contribution in [3.05, 3.63) is 23.7 Å². The molecule has 0 aromatic carbocycles. The van der Waals surface area contributed by atoms with Gasteiger partial charge in [-0.3, -0.25) is 9.59 Å². The summed E-state index contributed by atoms with van der Waals surface area (Å²) in [5, 5.41) is 11.6. The number of amides is 2. The second kappa shape index (κ2) is 6.16. The van der Waals surface area contributed by atoms with E-state index >= 15 is 0 Å². The molecule has 2 aromatic rings. The number of carbonyl (C=O) groups excluding carboxylic acids is 2. The Labute approximate surface area is 144 Å². The summed E-state index contributed by atoms with van der Waals surface area (Å²) in [5.41, 5.74) is 2.42. The molecular formula is C17H18N6O2. The molecule has 2 N–H and O–H groups in total. The fourth-order valence-corrected chi connectivity index (χ4v) is 3.11. The minimum atomic E-state index is -0.349. The number of nitrogens with zero attached hydrogens (tertiary/aromatic N) is 4. The topological polar surface area (TPSA) is 115 Å². The van der Waals surface area contributed by atoms with E-state index in [4.69, 9.17) is 5.26 Å². The number of H-pyrrole nitrogens is 1. The molecule has 2 amide bonds. The van der Waals surface area contributed by atoms with Gasteiger partial charge in [0.05, 0.1) is 36.0 Å². The highest BCUT2D eigenvalue weighted by molar-refractivity contribution is 6.05. The number of fused-ring (bicyclic) bond motifs is 1. The number of aromatic nitrogens is 3. The summed E-state index contributed by atoms with van der Waals surface area (Å²) in [6.45, 7) is 0.921. The van der Waals surface area contributed by atoms with E-state index < -0.39 is 0 Å². The molecule has 0 radical (unpaired) electrons. The van der Waals surface area contributed by atoms with Gasteiger partial charge in [0.2, 0.25) is 5.91 Å². The first-order chi connectivity index (χ1) is 12.2. The standard InChI is InChI=1S/C17H18N6O2/c18-5-10-3-4-23(9-10)14(24)8-21-17(25)12-6-19-16-15(12)22-13(7-20-16)11-1-2-11/h6-7,10-11H,1-4,8-9H2,(H,19,20)(H,21,25). The molecular weight excluding hydrogens is 320 g/mol. The minimum Gasteiger partial charge on any atom is -0.344 e. The van der Waals surface area contributed by atoms with Gasteiger partial charge in [0, 0.05) is 25.2 Å². The lowest BCUT2D eigenvalue weighted by Crippen LogP contribution is -2.39. The third-order valence-electron chi connectivity index (χ3n) is 4.76. The molecule has 8 heteroatoms. The lowest BCUT2D eigenvalue weighted by atomic mass is 10.1. The van der Waals surface area contributed by atoms with Gasteiger partial charge < -0.3 is 15.2 Å². The molecule has 8 nitrogen and oxygen atoms in total. The molecule has 1 saturated carbocycles. The van der Waals surface area contributed by atoms with Crippen molar-refractivity contribution < 1.29 is 9.59 Å². The van der Waals surface area contributed by atoms with Gasteiger partial charge in [0.1, 0.15) is 5.52 Å². The highest BCUT2D eigenvalue weighted by atomic mass is 16.2. The minimum absolute atomic E-state index is 0.0839. The van der Waals surface area contributed by atoms with Crippen LogP contribution in [-0.2, 0) is 4.79 Å². The van der Waals surface area contributed by atoms with Crippen molar-refractivity contribution in [1.82, 2.24) is 25.2 Å². The van der Waals surface area contributed by atoms with Gasteiger partial charge in [-0.05, 0) is 19.3 Å². The van der Waals surface area contributed by atoms with E-state index in [9.17, 15) is 9.59 Å². The monoisotopic (exact) mass is 338 g/mol. The Bertz CT molecular complexity index is 879. The van der Waals surface area contributed by atoms with Crippen molar-refractivity contribution in [2.45, 2.75) is 25.2 Å². The van der Waals surface area contributed by atoms with Crippen molar-refractivity contribution >= 4 is 23.0 Å². The van der Waals surface area contributed by atoms with Crippen LogP contribution in [0.15, 0.2) is 12.4 Å². The number of aromatic amines is 1. The van der Waals surface area contributed by atoms with Crippen LogP contribution in [0.1, 0.15) is 41.2 Å². The van der Waals surface area contributed by atoms with Gasteiger partial charge in [-0.2, -0.15) is 5.26 Å². The maximum absolute atomic E-state index is 12.4. The summed E-state index contributed by atoms with van der Waals surface area (Å²) < 4.78 is 0. The zero-order chi connectivity index (χ0) is 17.4. The van der Waals surface area contributed by atoms with Crippen LogP contribution >= 0.6 is 0 Å². The van der Waals surface area contributed by atoms with Crippen LogP contribution in [0.4, 0.5) is 0 Å². The predicted octanol–water partition coefficient (Wildman–Crippen LogP) is 0.937. The second-order valence-corrected chi connectivity index (χ2v) is 6.61.